The Morgan fingerprint density at radius 1 is 1.57 bits per heavy atom. The summed E-state index contributed by atoms with van der Waals surface area (Å²) in [4.78, 5) is 14.0. The molecule has 0 amide bonds. The third-order valence-electron chi connectivity index (χ3n) is 1.62. The first kappa shape index (κ1) is 10.8. The zero-order valence-corrected chi connectivity index (χ0v) is 7.50. The summed E-state index contributed by atoms with van der Waals surface area (Å²) in [7, 11) is 0. The first-order valence-corrected chi connectivity index (χ1v) is 4.22. The minimum absolute atomic E-state index is 0.0300. The van der Waals surface area contributed by atoms with E-state index in [0.29, 0.717) is 5.69 Å². The summed E-state index contributed by atoms with van der Waals surface area (Å²) in [6.45, 7) is -0.583. The number of Topliss-reactive ketones (excluding diaryl/α,β-unsaturated/α-hetero) is 1. The van der Waals surface area contributed by atoms with Crippen molar-refractivity contribution in [1.29, 1.82) is 0 Å². The fourth-order valence-electron chi connectivity index (χ4n) is 0.976. The third-order valence-corrected chi connectivity index (χ3v) is 1.62. The fourth-order valence-corrected chi connectivity index (χ4v) is 0.976. The monoisotopic (exact) mass is 203 g/mol. The molecule has 5 heteroatoms. The quantitative estimate of drug-likeness (QED) is 0.566. The number of halogens is 2. The number of carbonyl (C=O) groups excluding carboxylic acids is 1. The highest BCUT2D eigenvalue weighted by atomic mass is 19.3. The van der Waals surface area contributed by atoms with Gasteiger partial charge in [-0.2, -0.15) is 0 Å². The molecule has 1 aromatic heterocycles. The van der Waals surface area contributed by atoms with Crippen LogP contribution < -0.4 is 0 Å². The van der Waals surface area contributed by atoms with Crippen molar-refractivity contribution in [3.8, 4) is 0 Å². The lowest BCUT2D eigenvalue weighted by atomic mass is 10.2. The molecule has 1 heterocycles. The second-order valence-electron chi connectivity index (χ2n) is 2.72. The predicted molar refractivity (Wildman–Crippen MR) is 46.6 cm³/mol. The lowest BCUT2D eigenvalue weighted by Crippen LogP contribution is -2.09. The summed E-state index contributed by atoms with van der Waals surface area (Å²) >= 11 is 0. The van der Waals surface area contributed by atoms with Gasteiger partial charge in [0.25, 0.3) is 6.43 Å². The lowest BCUT2D eigenvalue weighted by Gasteiger charge is -2.01. The Labute approximate surface area is 80.1 Å². The highest BCUT2D eigenvalue weighted by Crippen LogP contribution is 2.00. The highest BCUT2D eigenvalue weighted by molar-refractivity contribution is 5.94. The van der Waals surface area contributed by atoms with Gasteiger partial charge in [0.15, 0.2) is 5.78 Å². The van der Waals surface area contributed by atoms with Crippen molar-refractivity contribution in [3.63, 3.8) is 0 Å². The average molecular weight is 203 g/mol. The summed E-state index contributed by atoms with van der Waals surface area (Å²) in [6, 6.07) is 3.34. The first-order valence-electron chi connectivity index (χ1n) is 4.22. The Bertz CT molecular complexity index is 272. The molecule has 0 fully saturated rings. The van der Waals surface area contributed by atoms with E-state index in [-0.39, 0.29) is 18.8 Å². The Morgan fingerprint density at radius 2 is 2.36 bits per heavy atom. The summed E-state index contributed by atoms with van der Waals surface area (Å²) in [6.07, 6.45) is -0.726. The number of H-pyrrole nitrogens is 1. The maximum Gasteiger partial charge on any atom is 0.261 e. The molecule has 0 aromatic carbocycles. The number of alkyl halides is 2. The van der Waals surface area contributed by atoms with Crippen LogP contribution in [0, 0.1) is 0 Å². The van der Waals surface area contributed by atoms with Crippen LogP contribution in [0.5, 0.6) is 0 Å². The zero-order chi connectivity index (χ0) is 10.4. The number of ketones is 1. The van der Waals surface area contributed by atoms with Crippen LogP contribution in [0.15, 0.2) is 18.3 Å². The number of rotatable bonds is 6. The van der Waals surface area contributed by atoms with E-state index in [4.69, 9.17) is 0 Å². The Kier molecular flexibility index (Phi) is 4.25. The van der Waals surface area contributed by atoms with E-state index in [9.17, 15) is 13.6 Å². The topological polar surface area (TPSA) is 42.1 Å². The maximum absolute atomic E-state index is 11.6. The molecule has 1 rings (SSSR count). The summed E-state index contributed by atoms with van der Waals surface area (Å²) in [5.41, 5.74) is 0.477. The van der Waals surface area contributed by atoms with Crippen molar-refractivity contribution in [2.45, 2.75) is 12.8 Å². The van der Waals surface area contributed by atoms with E-state index >= 15 is 0 Å². The molecule has 0 saturated heterocycles. The molecule has 3 nitrogen and oxygen atoms in total. The zero-order valence-electron chi connectivity index (χ0n) is 7.50. The molecular weight excluding hydrogens is 192 g/mol. The van der Waals surface area contributed by atoms with Crippen LogP contribution in [0.1, 0.15) is 16.9 Å². The second-order valence-corrected chi connectivity index (χ2v) is 2.72. The fraction of sp³-hybridized carbons (Fsp3) is 0.444. The van der Waals surface area contributed by atoms with E-state index in [2.05, 4.69) is 9.72 Å². The first-order chi connectivity index (χ1) is 6.70. The molecule has 0 saturated carbocycles. The van der Waals surface area contributed by atoms with Gasteiger partial charge in [-0.25, -0.2) is 8.78 Å². The van der Waals surface area contributed by atoms with Gasteiger partial charge < -0.3 is 9.72 Å². The number of hydrogen-bond acceptors (Lipinski definition) is 2. The highest BCUT2D eigenvalue weighted by Gasteiger charge is 2.07. The van der Waals surface area contributed by atoms with Crippen LogP contribution in [0.2, 0.25) is 0 Å². The van der Waals surface area contributed by atoms with Gasteiger partial charge in [0.1, 0.15) is 6.61 Å². The molecule has 0 aliphatic heterocycles. The normalized spacial score (nSPS) is 10.8. The van der Waals surface area contributed by atoms with E-state index in [1.165, 1.54) is 0 Å². The molecule has 78 valence electrons. The van der Waals surface area contributed by atoms with Gasteiger partial charge in [-0.3, -0.25) is 4.79 Å². The number of nitrogens with one attached hydrogen (secondary N) is 1. The third kappa shape index (κ3) is 3.66. The van der Waals surface area contributed by atoms with Gasteiger partial charge in [-0.1, -0.05) is 0 Å². The van der Waals surface area contributed by atoms with Gasteiger partial charge >= 0.3 is 0 Å². The maximum atomic E-state index is 11.6. The largest absolute Gasteiger partial charge is 0.375 e. The molecule has 0 aliphatic carbocycles. The van der Waals surface area contributed by atoms with Crippen molar-refractivity contribution in [2.24, 2.45) is 0 Å². The van der Waals surface area contributed by atoms with Crippen LogP contribution in [0.3, 0.4) is 0 Å². The minimum atomic E-state index is -2.48. The molecule has 1 aromatic rings. The van der Waals surface area contributed by atoms with Gasteiger partial charge in [0.2, 0.25) is 0 Å². The smallest absolute Gasteiger partial charge is 0.261 e. The van der Waals surface area contributed by atoms with Gasteiger partial charge in [0, 0.05) is 12.6 Å². The summed E-state index contributed by atoms with van der Waals surface area (Å²) in [5.74, 6) is -0.135. The second kappa shape index (κ2) is 5.49. The van der Waals surface area contributed by atoms with Crippen molar-refractivity contribution in [1.82, 2.24) is 4.98 Å². The molecule has 0 spiro atoms. The molecular formula is C9H11F2NO2. The number of hydrogen-bond donors (Lipinski definition) is 1. The van der Waals surface area contributed by atoms with E-state index < -0.39 is 13.0 Å². The van der Waals surface area contributed by atoms with Crippen LogP contribution in [-0.2, 0) is 4.74 Å². The standard InChI is InChI=1S/C9H11F2NO2/c10-9(11)6-14-5-3-8(13)7-2-1-4-12-7/h1-2,4,9,12H,3,5-6H2. The number of aromatic nitrogens is 1. The molecule has 0 aliphatic rings. The molecule has 1 N–H and O–H groups in total. The molecule has 0 unspecified atom stereocenters. The molecule has 0 atom stereocenters. The molecule has 14 heavy (non-hydrogen) atoms. The summed E-state index contributed by atoms with van der Waals surface area (Å²) < 4.78 is 27.8. The Hall–Kier alpha value is -1.23. The number of aromatic amines is 1. The van der Waals surface area contributed by atoms with Crippen LogP contribution in [0.25, 0.3) is 0 Å². The average Bonchev–Trinajstić information content (AvgIpc) is 2.64. The Balaban J connectivity index is 2.16. The van der Waals surface area contributed by atoms with E-state index in [1.54, 1.807) is 18.3 Å². The van der Waals surface area contributed by atoms with E-state index in [1.807, 2.05) is 0 Å². The van der Waals surface area contributed by atoms with Crippen LogP contribution in [0.4, 0.5) is 8.78 Å². The summed E-state index contributed by atoms with van der Waals surface area (Å²) in [5, 5.41) is 0. The van der Waals surface area contributed by atoms with Crippen LogP contribution >= 0.6 is 0 Å². The number of carbonyl (C=O) groups is 1. The molecule has 0 bridgehead atoms. The lowest BCUT2D eigenvalue weighted by molar-refractivity contribution is 0.0169. The van der Waals surface area contributed by atoms with E-state index in [0.717, 1.165) is 0 Å². The van der Waals surface area contributed by atoms with Gasteiger partial charge in [-0.15, -0.1) is 0 Å². The Morgan fingerprint density at radius 3 is 2.93 bits per heavy atom. The van der Waals surface area contributed by atoms with Gasteiger partial charge in [0.05, 0.1) is 12.3 Å². The van der Waals surface area contributed by atoms with Crippen molar-refractivity contribution in [2.75, 3.05) is 13.2 Å². The SMILES string of the molecule is O=C(CCOCC(F)F)c1ccc[nH]1. The number of ether oxygens (including phenoxy) is 1. The molecule has 0 radical (unpaired) electrons. The van der Waals surface area contributed by atoms with Crippen molar-refractivity contribution >= 4 is 5.78 Å². The van der Waals surface area contributed by atoms with Crippen molar-refractivity contribution in [3.05, 3.63) is 24.0 Å². The minimum Gasteiger partial charge on any atom is -0.375 e. The van der Waals surface area contributed by atoms with Crippen molar-refractivity contribution < 1.29 is 18.3 Å². The van der Waals surface area contributed by atoms with Crippen LogP contribution in [-0.4, -0.2) is 30.4 Å². The van der Waals surface area contributed by atoms with Gasteiger partial charge in [-0.05, 0) is 12.1 Å². The predicted octanol–water partition coefficient (Wildman–Crippen LogP) is 1.87.